The summed E-state index contributed by atoms with van der Waals surface area (Å²) in [4.78, 5) is 11.8. The fraction of sp³-hybridized carbons (Fsp3) is 0.500. The van der Waals surface area contributed by atoms with E-state index in [1.165, 1.54) is 37.1 Å². The van der Waals surface area contributed by atoms with Gasteiger partial charge < -0.3 is 0 Å². The van der Waals surface area contributed by atoms with Crippen LogP contribution in [0, 0.1) is 11.7 Å². The van der Waals surface area contributed by atoms with E-state index in [2.05, 4.69) is 0 Å². The van der Waals surface area contributed by atoms with Gasteiger partial charge in [0.2, 0.25) is 0 Å². The normalized spacial score (nSPS) is 17.8. The molecule has 1 fully saturated rings. The highest BCUT2D eigenvalue weighted by Gasteiger charge is 2.19. The summed E-state index contributed by atoms with van der Waals surface area (Å²) >= 11 is 0. The van der Waals surface area contributed by atoms with Crippen molar-refractivity contribution in [3.8, 4) is 0 Å². The van der Waals surface area contributed by atoms with Crippen LogP contribution in [0.1, 0.15) is 36.0 Å². The molecule has 0 N–H and O–H groups in total. The molecule has 0 aromatic heterocycles. The summed E-state index contributed by atoms with van der Waals surface area (Å²) in [6, 6.07) is 5.41. The third-order valence-electron chi connectivity index (χ3n) is 3.35. The van der Waals surface area contributed by atoms with Crippen LogP contribution in [0.5, 0.6) is 0 Å². The van der Waals surface area contributed by atoms with Crippen molar-refractivity contribution in [2.75, 3.05) is 11.5 Å². The maximum atomic E-state index is 12.7. The van der Waals surface area contributed by atoms with Crippen LogP contribution in [0.2, 0.25) is 0 Å². The van der Waals surface area contributed by atoms with Gasteiger partial charge in [0.05, 0.1) is 5.75 Å². The largest absolute Gasteiger partial charge is 0.293 e. The summed E-state index contributed by atoms with van der Waals surface area (Å²) in [7, 11) is -1.09. The molecule has 1 unspecified atom stereocenters. The average molecular weight is 268 g/mol. The van der Waals surface area contributed by atoms with Crippen LogP contribution in [0.25, 0.3) is 0 Å². The first-order valence-corrected chi connectivity index (χ1v) is 7.77. The van der Waals surface area contributed by atoms with Gasteiger partial charge in [0.1, 0.15) is 5.82 Å². The number of carbonyl (C=O) groups excluding carboxylic acids is 1. The van der Waals surface area contributed by atoms with Crippen molar-refractivity contribution in [1.29, 1.82) is 0 Å². The molecule has 1 aliphatic rings. The Labute approximate surface area is 109 Å². The number of halogens is 1. The molecule has 0 radical (unpaired) electrons. The summed E-state index contributed by atoms with van der Waals surface area (Å²) in [6.45, 7) is 0. The van der Waals surface area contributed by atoms with Crippen molar-refractivity contribution in [3.05, 3.63) is 35.6 Å². The average Bonchev–Trinajstić information content (AvgIpc) is 2.82. The van der Waals surface area contributed by atoms with Crippen molar-refractivity contribution in [2.24, 2.45) is 5.92 Å². The predicted molar refractivity (Wildman–Crippen MR) is 70.6 cm³/mol. The van der Waals surface area contributed by atoms with Crippen LogP contribution in [0.15, 0.2) is 24.3 Å². The fourth-order valence-corrected chi connectivity index (χ4v) is 3.80. The predicted octanol–water partition coefficient (Wildman–Crippen LogP) is 2.95. The highest BCUT2D eigenvalue weighted by molar-refractivity contribution is 7.85. The Balaban J connectivity index is 1.86. The van der Waals surface area contributed by atoms with E-state index < -0.39 is 10.8 Å². The molecule has 1 aliphatic carbocycles. The summed E-state index contributed by atoms with van der Waals surface area (Å²) in [6.07, 6.45) is 4.70. The maximum absolute atomic E-state index is 12.7. The Morgan fingerprint density at radius 2 is 1.83 bits per heavy atom. The van der Waals surface area contributed by atoms with E-state index in [0.29, 0.717) is 17.2 Å². The molecule has 2 rings (SSSR count). The Hall–Kier alpha value is -1.03. The lowest BCUT2D eigenvalue weighted by molar-refractivity contribution is 0.102. The van der Waals surface area contributed by atoms with Gasteiger partial charge in [-0.15, -0.1) is 0 Å². The minimum atomic E-state index is -1.09. The number of rotatable bonds is 5. The zero-order valence-electron chi connectivity index (χ0n) is 10.2. The van der Waals surface area contributed by atoms with Gasteiger partial charge in [0, 0.05) is 22.1 Å². The summed E-state index contributed by atoms with van der Waals surface area (Å²) in [5.74, 6) is 0.687. The van der Waals surface area contributed by atoms with Crippen molar-refractivity contribution < 1.29 is 13.4 Å². The molecule has 18 heavy (non-hydrogen) atoms. The third kappa shape index (κ3) is 3.73. The molecular formula is C14H17FO2S. The lowest BCUT2D eigenvalue weighted by atomic mass is 10.1. The van der Waals surface area contributed by atoms with E-state index >= 15 is 0 Å². The summed E-state index contributed by atoms with van der Waals surface area (Å²) in [5.41, 5.74) is 0.441. The van der Waals surface area contributed by atoms with Gasteiger partial charge in [0.25, 0.3) is 0 Å². The van der Waals surface area contributed by atoms with E-state index in [0.717, 1.165) is 12.8 Å². The van der Waals surface area contributed by atoms with Gasteiger partial charge in [-0.2, -0.15) is 0 Å². The topological polar surface area (TPSA) is 34.1 Å². The SMILES string of the molecule is O=C(CS(=O)CC1CCCC1)c1ccc(F)cc1. The molecule has 2 nitrogen and oxygen atoms in total. The second kappa shape index (κ2) is 6.23. The fourth-order valence-electron chi connectivity index (χ4n) is 2.36. The third-order valence-corrected chi connectivity index (χ3v) is 4.78. The Bertz CT molecular complexity index is 436. The first-order chi connectivity index (χ1) is 8.65. The number of carbonyl (C=O) groups is 1. The Morgan fingerprint density at radius 3 is 2.44 bits per heavy atom. The van der Waals surface area contributed by atoms with Crippen molar-refractivity contribution in [2.45, 2.75) is 25.7 Å². The van der Waals surface area contributed by atoms with Gasteiger partial charge in [-0.3, -0.25) is 9.00 Å². The molecule has 0 aliphatic heterocycles. The Kier molecular flexibility index (Phi) is 4.64. The quantitative estimate of drug-likeness (QED) is 0.769. The van der Waals surface area contributed by atoms with Crippen LogP contribution in [-0.4, -0.2) is 21.5 Å². The van der Waals surface area contributed by atoms with Crippen molar-refractivity contribution in [3.63, 3.8) is 0 Å². The van der Waals surface area contributed by atoms with E-state index in [1.54, 1.807) is 0 Å². The molecule has 98 valence electrons. The highest BCUT2D eigenvalue weighted by atomic mass is 32.2. The van der Waals surface area contributed by atoms with Gasteiger partial charge in [0.15, 0.2) is 5.78 Å². The molecule has 0 amide bonds. The first-order valence-electron chi connectivity index (χ1n) is 6.29. The molecule has 1 atom stereocenters. The molecule has 0 heterocycles. The van der Waals surface area contributed by atoms with Gasteiger partial charge in [-0.25, -0.2) is 4.39 Å². The number of Topliss-reactive ketones (excluding diaryl/α,β-unsaturated/α-hetero) is 1. The molecule has 1 aromatic rings. The molecule has 1 saturated carbocycles. The highest BCUT2D eigenvalue weighted by Crippen LogP contribution is 2.25. The minimum Gasteiger partial charge on any atom is -0.293 e. The van der Waals surface area contributed by atoms with Crippen LogP contribution in [0.3, 0.4) is 0 Å². The minimum absolute atomic E-state index is 0.0577. The monoisotopic (exact) mass is 268 g/mol. The zero-order chi connectivity index (χ0) is 13.0. The van der Waals surface area contributed by atoms with Crippen molar-refractivity contribution >= 4 is 16.6 Å². The lowest BCUT2D eigenvalue weighted by Gasteiger charge is -2.08. The zero-order valence-corrected chi connectivity index (χ0v) is 11.0. The smallest absolute Gasteiger partial charge is 0.175 e. The molecule has 0 spiro atoms. The van der Waals surface area contributed by atoms with Gasteiger partial charge in [-0.1, -0.05) is 12.8 Å². The number of benzene rings is 1. The first kappa shape index (κ1) is 13.4. The van der Waals surface area contributed by atoms with Crippen molar-refractivity contribution in [1.82, 2.24) is 0 Å². The Morgan fingerprint density at radius 1 is 1.22 bits per heavy atom. The molecule has 0 bridgehead atoms. The van der Waals surface area contributed by atoms with Crippen LogP contribution >= 0.6 is 0 Å². The van der Waals surface area contributed by atoms with E-state index in [9.17, 15) is 13.4 Å². The number of hydrogen-bond acceptors (Lipinski definition) is 2. The standard InChI is InChI=1S/C14H17FO2S/c15-13-7-5-12(6-8-13)14(16)10-18(17)9-11-3-1-2-4-11/h5-8,11H,1-4,9-10H2. The second-order valence-corrected chi connectivity index (χ2v) is 6.33. The van der Waals surface area contributed by atoms with E-state index in [4.69, 9.17) is 0 Å². The number of hydrogen-bond donors (Lipinski definition) is 0. The molecular weight excluding hydrogens is 251 g/mol. The maximum Gasteiger partial charge on any atom is 0.175 e. The number of ketones is 1. The molecule has 0 saturated heterocycles. The second-order valence-electron chi connectivity index (χ2n) is 4.83. The molecule has 4 heteroatoms. The van der Waals surface area contributed by atoms with Crippen LogP contribution in [-0.2, 0) is 10.8 Å². The van der Waals surface area contributed by atoms with Gasteiger partial charge in [-0.05, 0) is 43.0 Å². The van der Waals surface area contributed by atoms with Gasteiger partial charge >= 0.3 is 0 Å². The van der Waals surface area contributed by atoms with E-state index in [1.807, 2.05) is 0 Å². The summed E-state index contributed by atoms with van der Waals surface area (Å²) < 4.78 is 24.6. The summed E-state index contributed by atoms with van der Waals surface area (Å²) in [5, 5.41) is 0. The van der Waals surface area contributed by atoms with Crippen LogP contribution < -0.4 is 0 Å². The van der Waals surface area contributed by atoms with E-state index in [-0.39, 0.29) is 17.4 Å². The van der Waals surface area contributed by atoms with Crippen LogP contribution in [0.4, 0.5) is 4.39 Å². The molecule has 1 aromatic carbocycles. The lowest BCUT2D eigenvalue weighted by Crippen LogP contribution is -2.17.